The lowest BCUT2D eigenvalue weighted by atomic mass is 10.1. The van der Waals surface area contributed by atoms with Gasteiger partial charge in [-0.15, -0.1) is 5.10 Å². The van der Waals surface area contributed by atoms with Gasteiger partial charge in [0.1, 0.15) is 0 Å². The Morgan fingerprint density at radius 1 is 1.18 bits per heavy atom. The highest BCUT2D eigenvalue weighted by Crippen LogP contribution is 2.12. The number of likely N-dealkylation sites (tertiary alicyclic amines) is 1. The molecule has 0 saturated carbocycles. The molecule has 1 aliphatic heterocycles. The molecule has 1 aliphatic rings. The molecule has 0 spiro atoms. The standard InChI is InChI=1S/C19H25N5O3S/c1-22(28(26,27)15-10-17-8-4-2-5-9-17)13-14-24-16-18(20-21-24)19(25)23-11-6-3-7-12-23/h2,4-5,8-10,15-16H,3,6-7,11-14H2,1H3/b15-10+. The average Bonchev–Trinajstić information content (AvgIpc) is 3.20. The number of aromatic nitrogens is 3. The molecule has 1 aromatic carbocycles. The van der Waals surface area contributed by atoms with E-state index in [2.05, 4.69) is 10.3 Å². The molecule has 0 unspecified atom stereocenters. The van der Waals surface area contributed by atoms with Gasteiger partial charge in [0.15, 0.2) is 5.69 Å². The van der Waals surface area contributed by atoms with Crippen molar-refractivity contribution in [3.63, 3.8) is 0 Å². The predicted molar refractivity (Wildman–Crippen MR) is 107 cm³/mol. The van der Waals surface area contributed by atoms with Gasteiger partial charge in [0.2, 0.25) is 10.0 Å². The summed E-state index contributed by atoms with van der Waals surface area (Å²) in [5.41, 5.74) is 1.12. The molecule has 3 rings (SSSR count). The van der Waals surface area contributed by atoms with E-state index in [1.54, 1.807) is 17.2 Å². The SMILES string of the molecule is CN(CCn1cc(C(=O)N2CCCCC2)nn1)S(=O)(=O)/C=C/c1ccccc1. The lowest BCUT2D eigenvalue weighted by Crippen LogP contribution is -2.35. The maximum atomic E-state index is 12.4. The van der Waals surface area contributed by atoms with Gasteiger partial charge in [0.25, 0.3) is 5.91 Å². The second-order valence-corrected chi connectivity index (χ2v) is 8.73. The van der Waals surface area contributed by atoms with E-state index >= 15 is 0 Å². The number of amides is 1. The largest absolute Gasteiger partial charge is 0.337 e. The summed E-state index contributed by atoms with van der Waals surface area (Å²) in [7, 11) is -2.02. The van der Waals surface area contributed by atoms with Crippen LogP contribution in [-0.4, -0.2) is 65.2 Å². The van der Waals surface area contributed by atoms with Gasteiger partial charge in [0.05, 0.1) is 12.7 Å². The van der Waals surface area contributed by atoms with Gasteiger partial charge < -0.3 is 4.90 Å². The van der Waals surface area contributed by atoms with Crippen LogP contribution in [0, 0.1) is 0 Å². The maximum Gasteiger partial charge on any atom is 0.276 e. The van der Waals surface area contributed by atoms with Crippen LogP contribution in [0.3, 0.4) is 0 Å². The van der Waals surface area contributed by atoms with Crippen molar-refractivity contribution in [2.45, 2.75) is 25.8 Å². The first kappa shape index (κ1) is 20.2. The van der Waals surface area contributed by atoms with E-state index in [1.807, 2.05) is 30.3 Å². The molecular weight excluding hydrogens is 378 g/mol. The van der Waals surface area contributed by atoms with Crippen molar-refractivity contribution in [3.8, 4) is 0 Å². The van der Waals surface area contributed by atoms with Crippen LogP contribution >= 0.6 is 0 Å². The Balaban J connectivity index is 1.55. The second-order valence-electron chi connectivity index (χ2n) is 6.80. The molecule has 1 saturated heterocycles. The molecule has 28 heavy (non-hydrogen) atoms. The molecule has 1 amide bonds. The highest BCUT2D eigenvalue weighted by molar-refractivity contribution is 7.92. The monoisotopic (exact) mass is 403 g/mol. The molecule has 0 aliphatic carbocycles. The minimum absolute atomic E-state index is 0.113. The summed E-state index contributed by atoms with van der Waals surface area (Å²) in [6.45, 7) is 2.04. The average molecular weight is 404 g/mol. The zero-order valence-corrected chi connectivity index (χ0v) is 16.8. The van der Waals surface area contributed by atoms with Crippen LogP contribution in [0.2, 0.25) is 0 Å². The number of hydrogen-bond acceptors (Lipinski definition) is 5. The summed E-state index contributed by atoms with van der Waals surface area (Å²) >= 11 is 0. The molecule has 1 fully saturated rings. The number of carbonyl (C=O) groups is 1. The van der Waals surface area contributed by atoms with Gasteiger partial charge in [-0.25, -0.2) is 8.42 Å². The minimum Gasteiger partial charge on any atom is -0.337 e. The number of nitrogens with zero attached hydrogens (tertiary/aromatic N) is 5. The quantitative estimate of drug-likeness (QED) is 0.704. The van der Waals surface area contributed by atoms with Crippen LogP contribution in [0.4, 0.5) is 0 Å². The molecule has 2 aromatic rings. The van der Waals surface area contributed by atoms with Crippen molar-refractivity contribution in [1.29, 1.82) is 0 Å². The summed E-state index contributed by atoms with van der Waals surface area (Å²) in [6.07, 6.45) is 6.32. The first-order valence-corrected chi connectivity index (χ1v) is 10.8. The summed E-state index contributed by atoms with van der Waals surface area (Å²) < 4.78 is 27.5. The Kier molecular flexibility index (Phi) is 6.58. The van der Waals surface area contributed by atoms with Crippen molar-refractivity contribution in [1.82, 2.24) is 24.2 Å². The zero-order valence-electron chi connectivity index (χ0n) is 15.9. The van der Waals surface area contributed by atoms with Crippen LogP contribution in [0.15, 0.2) is 41.9 Å². The molecule has 9 heteroatoms. The fourth-order valence-corrected chi connectivity index (χ4v) is 3.84. The fraction of sp³-hybridized carbons (Fsp3) is 0.421. The van der Waals surface area contributed by atoms with Gasteiger partial charge in [-0.3, -0.25) is 9.48 Å². The van der Waals surface area contributed by atoms with E-state index in [9.17, 15) is 13.2 Å². The molecule has 150 valence electrons. The van der Waals surface area contributed by atoms with Crippen molar-refractivity contribution < 1.29 is 13.2 Å². The third-order valence-corrected chi connectivity index (χ3v) is 6.24. The number of piperidine rings is 1. The molecule has 0 N–H and O–H groups in total. The van der Waals surface area contributed by atoms with Gasteiger partial charge in [0, 0.05) is 32.1 Å². The third-order valence-electron chi connectivity index (χ3n) is 4.71. The first-order valence-electron chi connectivity index (χ1n) is 9.34. The Morgan fingerprint density at radius 3 is 2.61 bits per heavy atom. The lowest BCUT2D eigenvalue weighted by Gasteiger charge is -2.25. The van der Waals surface area contributed by atoms with E-state index in [4.69, 9.17) is 0 Å². The van der Waals surface area contributed by atoms with Crippen LogP contribution in [0.5, 0.6) is 0 Å². The minimum atomic E-state index is -3.54. The summed E-state index contributed by atoms with van der Waals surface area (Å²) in [6, 6.07) is 9.25. The Bertz CT molecular complexity index is 918. The molecular formula is C19H25N5O3S. The normalized spacial score (nSPS) is 15.4. The molecule has 1 aromatic heterocycles. The molecule has 0 bridgehead atoms. The summed E-state index contributed by atoms with van der Waals surface area (Å²) in [5, 5.41) is 9.10. The van der Waals surface area contributed by atoms with E-state index < -0.39 is 10.0 Å². The number of rotatable bonds is 7. The van der Waals surface area contributed by atoms with E-state index in [1.165, 1.54) is 21.4 Å². The maximum absolute atomic E-state index is 12.4. The number of carbonyl (C=O) groups excluding carboxylic acids is 1. The van der Waals surface area contributed by atoms with Crippen molar-refractivity contribution in [2.24, 2.45) is 0 Å². The summed E-state index contributed by atoms with van der Waals surface area (Å²) in [5.74, 6) is -0.113. The Hall–Kier alpha value is -2.52. The fourth-order valence-electron chi connectivity index (χ4n) is 2.97. The Labute approximate surface area is 165 Å². The van der Waals surface area contributed by atoms with Crippen LogP contribution in [0.1, 0.15) is 35.3 Å². The molecule has 0 radical (unpaired) electrons. The van der Waals surface area contributed by atoms with Gasteiger partial charge in [-0.1, -0.05) is 35.5 Å². The smallest absolute Gasteiger partial charge is 0.276 e. The van der Waals surface area contributed by atoms with Crippen molar-refractivity contribution >= 4 is 22.0 Å². The van der Waals surface area contributed by atoms with E-state index in [0.717, 1.165) is 37.9 Å². The third kappa shape index (κ3) is 5.26. The second kappa shape index (κ2) is 9.11. The predicted octanol–water partition coefficient (Wildman–Crippen LogP) is 1.84. The van der Waals surface area contributed by atoms with Crippen LogP contribution < -0.4 is 0 Å². The van der Waals surface area contributed by atoms with Crippen LogP contribution in [0.25, 0.3) is 6.08 Å². The topological polar surface area (TPSA) is 88.4 Å². The lowest BCUT2D eigenvalue weighted by molar-refractivity contribution is 0.0718. The van der Waals surface area contributed by atoms with Crippen molar-refractivity contribution in [3.05, 3.63) is 53.2 Å². The van der Waals surface area contributed by atoms with E-state index in [0.29, 0.717) is 12.2 Å². The van der Waals surface area contributed by atoms with Gasteiger partial charge >= 0.3 is 0 Å². The summed E-state index contributed by atoms with van der Waals surface area (Å²) in [4.78, 5) is 14.2. The van der Waals surface area contributed by atoms with Gasteiger partial charge in [-0.2, -0.15) is 4.31 Å². The molecule has 2 heterocycles. The molecule has 8 nitrogen and oxygen atoms in total. The number of sulfonamides is 1. The van der Waals surface area contributed by atoms with E-state index in [-0.39, 0.29) is 12.5 Å². The number of hydrogen-bond donors (Lipinski definition) is 0. The Morgan fingerprint density at radius 2 is 1.89 bits per heavy atom. The zero-order chi connectivity index (χ0) is 20.0. The number of likely N-dealkylation sites (N-methyl/N-ethyl adjacent to an activating group) is 1. The highest BCUT2D eigenvalue weighted by atomic mass is 32.2. The highest BCUT2D eigenvalue weighted by Gasteiger charge is 2.21. The van der Waals surface area contributed by atoms with Gasteiger partial charge in [-0.05, 0) is 30.9 Å². The van der Waals surface area contributed by atoms with Crippen LogP contribution in [-0.2, 0) is 16.6 Å². The molecule has 0 atom stereocenters. The number of benzene rings is 1. The van der Waals surface area contributed by atoms with Crippen molar-refractivity contribution in [2.75, 3.05) is 26.7 Å². The first-order chi connectivity index (χ1) is 13.5.